The molecule has 0 radical (unpaired) electrons. The highest BCUT2D eigenvalue weighted by Gasteiger charge is 2.19. The molecule has 2 rings (SSSR count). The highest BCUT2D eigenvalue weighted by Crippen LogP contribution is 2.11. The van der Waals surface area contributed by atoms with Crippen molar-refractivity contribution in [1.82, 2.24) is 10.2 Å². The normalized spacial score (nSPS) is 22.4. The predicted molar refractivity (Wildman–Crippen MR) is 41.6 cm³/mol. The van der Waals surface area contributed by atoms with Crippen LogP contribution in [-0.4, -0.2) is 23.9 Å². The second-order valence-electron chi connectivity index (χ2n) is 2.72. The Morgan fingerprint density at radius 3 is 3.36 bits per heavy atom. The summed E-state index contributed by atoms with van der Waals surface area (Å²) in [5.41, 5.74) is 0. The lowest BCUT2D eigenvalue weighted by atomic mass is 10.2. The van der Waals surface area contributed by atoms with Gasteiger partial charge in [-0.05, 0) is 6.08 Å². The maximum absolute atomic E-state index is 10.9. The van der Waals surface area contributed by atoms with Gasteiger partial charge in [0.05, 0.1) is 0 Å². The van der Waals surface area contributed by atoms with Crippen molar-refractivity contribution in [2.24, 2.45) is 0 Å². The summed E-state index contributed by atoms with van der Waals surface area (Å²) in [5.74, 6) is 1.08. The third-order valence-corrected chi connectivity index (χ3v) is 1.93. The molecule has 0 aromatic carbocycles. The number of hydrogen-bond donors (Lipinski definition) is 1. The number of hydrogen-bond acceptors (Lipinski definition) is 2. The smallest absolute Gasteiger partial charge is 0.227 e. The summed E-state index contributed by atoms with van der Waals surface area (Å²) in [6, 6.07) is 0. The van der Waals surface area contributed by atoms with E-state index >= 15 is 0 Å². The van der Waals surface area contributed by atoms with Crippen LogP contribution in [0.2, 0.25) is 0 Å². The van der Waals surface area contributed by atoms with E-state index in [1.54, 1.807) is 0 Å². The molecule has 0 bridgehead atoms. The summed E-state index contributed by atoms with van der Waals surface area (Å²) in [7, 11) is 0. The van der Waals surface area contributed by atoms with Gasteiger partial charge in [0, 0.05) is 19.5 Å². The largest absolute Gasteiger partial charge is 0.354 e. The highest BCUT2D eigenvalue weighted by molar-refractivity contribution is 5.79. The van der Waals surface area contributed by atoms with E-state index < -0.39 is 0 Å². The molecule has 1 saturated heterocycles. The van der Waals surface area contributed by atoms with Crippen LogP contribution in [0, 0.1) is 0 Å². The zero-order valence-electron chi connectivity index (χ0n) is 6.21. The van der Waals surface area contributed by atoms with E-state index in [0.29, 0.717) is 6.42 Å². The summed E-state index contributed by atoms with van der Waals surface area (Å²) in [6.07, 6.45) is 6.60. The second-order valence-corrected chi connectivity index (χ2v) is 2.72. The van der Waals surface area contributed by atoms with E-state index in [4.69, 9.17) is 0 Å². The zero-order chi connectivity index (χ0) is 7.68. The van der Waals surface area contributed by atoms with E-state index in [2.05, 4.69) is 16.3 Å². The number of amides is 1. The number of carbonyl (C=O) groups is 1. The van der Waals surface area contributed by atoms with Gasteiger partial charge in [0.1, 0.15) is 5.82 Å². The lowest BCUT2D eigenvalue weighted by Crippen LogP contribution is -2.43. The molecular formula is C8H10N2O. The Bertz CT molecular complexity index is 242. The van der Waals surface area contributed by atoms with E-state index in [1.807, 2.05) is 12.2 Å². The fourth-order valence-corrected chi connectivity index (χ4v) is 1.33. The predicted octanol–water partition coefficient (Wildman–Crippen LogP) is 0.220. The maximum atomic E-state index is 10.9. The van der Waals surface area contributed by atoms with Gasteiger partial charge in [0.2, 0.25) is 5.91 Å². The van der Waals surface area contributed by atoms with Crippen LogP contribution in [0.25, 0.3) is 0 Å². The topological polar surface area (TPSA) is 32.3 Å². The number of allylic oxidation sites excluding steroid dienone is 2. The molecule has 0 aliphatic carbocycles. The molecule has 1 amide bonds. The van der Waals surface area contributed by atoms with Gasteiger partial charge in [-0.25, -0.2) is 0 Å². The third-order valence-electron chi connectivity index (χ3n) is 1.93. The van der Waals surface area contributed by atoms with Crippen LogP contribution in [0.1, 0.15) is 6.42 Å². The number of nitrogens with one attached hydrogen (secondary N) is 1. The molecule has 58 valence electrons. The number of carbonyl (C=O) groups excluding carboxylic acids is 1. The van der Waals surface area contributed by atoms with Crippen molar-refractivity contribution in [1.29, 1.82) is 0 Å². The average Bonchev–Trinajstić information content (AvgIpc) is 2.04. The molecule has 2 heterocycles. The molecule has 1 fully saturated rings. The lowest BCUT2D eigenvalue weighted by Gasteiger charge is -2.31. The Morgan fingerprint density at radius 1 is 1.55 bits per heavy atom. The van der Waals surface area contributed by atoms with Crippen molar-refractivity contribution in [3.05, 3.63) is 24.0 Å². The van der Waals surface area contributed by atoms with E-state index in [0.717, 1.165) is 18.9 Å². The number of rotatable bonds is 0. The standard InChI is InChI=1S/C8H10N2O/c11-8-4-6-10-5-2-1-3-7(10)9-8/h1-3H,4-6H2,(H,9,11). The van der Waals surface area contributed by atoms with E-state index in [-0.39, 0.29) is 5.91 Å². The first-order chi connectivity index (χ1) is 5.36. The monoisotopic (exact) mass is 150 g/mol. The molecule has 2 aliphatic rings. The molecule has 2 aliphatic heterocycles. The highest BCUT2D eigenvalue weighted by atomic mass is 16.1. The van der Waals surface area contributed by atoms with Gasteiger partial charge in [-0.3, -0.25) is 4.79 Å². The van der Waals surface area contributed by atoms with Crippen molar-refractivity contribution in [2.75, 3.05) is 13.1 Å². The van der Waals surface area contributed by atoms with Crippen LogP contribution in [0.4, 0.5) is 0 Å². The molecule has 11 heavy (non-hydrogen) atoms. The summed E-state index contributed by atoms with van der Waals surface area (Å²) >= 11 is 0. The van der Waals surface area contributed by atoms with Crippen LogP contribution in [0.5, 0.6) is 0 Å². The summed E-state index contributed by atoms with van der Waals surface area (Å²) in [5, 5.41) is 2.82. The summed E-state index contributed by atoms with van der Waals surface area (Å²) < 4.78 is 0. The quantitative estimate of drug-likeness (QED) is 0.535. The first kappa shape index (κ1) is 6.46. The first-order valence-corrected chi connectivity index (χ1v) is 3.78. The molecule has 0 saturated carbocycles. The van der Waals surface area contributed by atoms with Gasteiger partial charge in [-0.1, -0.05) is 12.2 Å². The van der Waals surface area contributed by atoms with Gasteiger partial charge >= 0.3 is 0 Å². The minimum atomic E-state index is 0.128. The van der Waals surface area contributed by atoms with Crippen molar-refractivity contribution in [3.8, 4) is 0 Å². The lowest BCUT2D eigenvalue weighted by molar-refractivity contribution is -0.122. The molecule has 0 unspecified atom stereocenters. The maximum Gasteiger partial charge on any atom is 0.227 e. The summed E-state index contributed by atoms with van der Waals surface area (Å²) in [4.78, 5) is 13.1. The molecule has 3 heteroatoms. The van der Waals surface area contributed by atoms with Crippen LogP contribution in [0.3, 0.4) is 0 Å². The van der Waals surface area contributed by atoms with Crippen molar-refractivity contribution < 1.29 is 4.79 Å². The van der Waals surface area contributed by atoms with Crippen LogP contribution in [0.15, 0.2) is 24.0 Å². The zero-order valence-corrected chi connectivity index (χ0v) is 6.21. The number of nitrogens with zero attached hydrogens (tertiary/aromatic N) is 1. The molecule has 0 atom stereocenters. The van der Waals surface area contributed by atoms with Gasteiger partial charge in [0.25, 0.3) is 0 Å². The molecular weight excluding hydrogens is 140 g/mol. The molecule has 0 aromatic heterocycles. The molecule has 0 spiro atoms. The Hall–Kier alpha value is -1.25. The minimum absolute atomic E-state index is 0.128. The van der Waals surface area contributed by atoms with Crippen molar-refractivity contribution in [3.63, 3.8) is 0 Å². The van der Waals surface area contributed by atoms with Crippen molar-refractivity contribution >= 4 is 5.91 Å². The van der Waals surface area contributed by atoms with Gasteiger partial charge in [-0.15, -0.1) is 0 Å². The number of fused-ring (bicyclic) bond motifs is 1. The molecule has 1 N–H and O–H groups in total. The molecule has 0 aromatic rings. The van der Waals surface area contributed by atoms with Crippen LogP contribution in [-0.2, 0) is 4.79 Å². The Kier molecular flexibility index (Phi) is 1.42. The van der Waals surface area contributed by atoms with Crippen molar-refractivity contribution in [2.45, 2.75) is 6.42 Å². The average molecular weight is 150 g/mol. The fourth-order valence-electron chi connectivity index (χ4n) is 1.33. The second kappa shape index (κ2) is 2.42. The van der Waals surface area contributed by atoms with Gasteiger partial charge < -0.3 is 10.2 Å². The fraction of sp³-hybridized carbons (Fsp3) is 0.375. The van der Waals surface area contributed by atoms with E-state index in [1.165, 1.54) is 0 Å². The first-order valence-electron chi connectivity index (χ1n) is 3.78. The van der Waals surface area contributed by atoms with Gasteiger partial charge in [0.15, 0.2) is 0 Å². The Balaban J connectivity index is 2.18. The molecule has 3 nitrogen and oxygen atoms in total. The Morgan fingerprint density at radius 2 is 2.45 bits per heavy atom. The van der Waals surface area contributed by atoms with E-state index in [9.17, 15) is 4.79 Å². The minimum Gasteiger partial charge on any atom is -0.354 e. The SMILES string of the molecule is O=C1CCN2CC=CC=C2N1. The van der Waals surface area contributed by atoms with Gasteiger partial charge in [-0.2, -0.15) is 0 Å². The van der Waals surface area contributed by atoms with Crippen LogP contribution < -0.4 is 5.32 Å². The third kappa shape index (κ3) is 1.13. The Labute approximate surface area is 65.4 Å². The summed E-state index contributed by atoms with van der Waals surface area (Å²) in [6.45, 7) is 1.77. The van der Waals surface area contributed by atoms with Crippen LogP contribution >= 0.6 is 0 Å².